The lowest BCUT2D eigenvalue weighted by atomic mass is 10.1. The van der Waals surface area contributed by atoms with Crippen molar-refractivity contribution in [1.29, 1.82) is 0 Å². The lowest BCUT2D eigenvalue weighted by Crippen LogP contribution is -2.29. The maximum atomic E-state index is 12.8. The van der Waals surface area contributed by atoms with Gasteiger partial charge in [-0.05, 0) is 24.1 Å². The number of nitrogens with zero attached hydrogens (tertiary/aromatic N) is 2. The number of rotatable bonds is 4. The highest BCUT2D eigenvalue weighted by atomic mass is 79.9. The molecule has 0 radical (unpaired) electrons. The van der Waals surface area contributed by atoms with Gasteiger partial charge in [0.05, 0.1) is 11.7 Å². The van der Waals surface area contributed by atoms with Crippen molar-refractivity contribution in [2.75, 3.05) is 0 Å². The van der Waals surface area contributed by atoms with Gasteiger partial charge < -0.3 is 5.11 Å². The molecule has 2 heterocycles. The fourth-order valence-electron chi connectivity index (χ4n) is 2.50. The molecule has 0 bridgehead atoms. The summed E-state index contributed by atoms with van der Waals surface area (Å²) in [5.41, 5.74) is 1.37. The van der Waals surface area contributed by atoms with E-state index >= 15 is 0 Å². The number of halogens is 1. The Morgan fingerprint density at radius 2 is 2.09 bits per heavy atom. The van der Waals surface area contributed by atoms with E-state index < -0.39 is 12.0 Å². The van der Waals surface area contributed by atoms with Gasteiger partial charge in [0, 0.05) is 15.4 Å². The van der Waals surface area contributed by atoms with Gasteiger partial charge in [0.2, 0.25) is 0 Å². The highest BCUT2D eigenvalue weighted by Gasteiger charge is 2.21. The maximum Gasteiger partial charge on any atom is 0.326 e. The zero-order valence-electron chi connectivity index (χ0n) is 12.2. The van der Waals surface area contributed by atoms with Crippen molar-refractivity contribution in [1.82, 2.24) is 9.55 Å². The summed E-state index contributed by atoms with van der Waals surface area (Å²) < 4.78 is 2.16. The summed E-state index contributed by atoms with van der Waals surface area (Å²) in [4.78, 5) is 29.1. The molecule has 0 saturated carbocycles. The molecule has 0 amide bonds. The number of hydrogen-bond acceptors (Lipinski definition) is 4. The molecule has 23 heavy (non-hydrogen) atoms. The number of carboxylic acids is 1. The number of carbonyl (C=O) groups is 1. The van der Waals surface area contributed by atoms with Gasteiger partial charge in [0.1, 0.15) is 10.9 Å². The van der Waals surface area contributed by atoms with Gasteiger partial charge in [0.25, 0.3) is 5.56 Å². The third kappa shape index (κ3) is 2.82. The van der Waals surface area contributed by atoms with E-state index in [1.54, 1.807) is 6.92 Å². The fraction of sp³-hybridized carbons (Fsp3) is 0.188. The van der Waals surface area contributed by atoms with Crippen molar-refractivity contribution in [2.24, 2.45) is 0 Å². The second-order valence-electron chi connectivity index (χ2n) is 5.06. The standard InChI is InChI=1S/C16H13BrN2O3S/c1-2-12(16(21)22)19-8-18-14-13(15(19)20)11(7-23-14)9-3-5-10(17)6-4-9/h3-8,12H,2H2,1H3,(H,21,22). The largest absolute Gasteiger partial charge is 0.480 e. The number of aliphatic carboxylic acids is 1. The van der Waals surface area contributed by atoms with E-state index in [0.29, 0.717) is 16.6 Å². The topological polar surface area (TPSA) is 72.2 Å². The molecule has 1 aromatic carbocycles. The van der Waals surface area contributed by atoms with Crippen LogP contribution in [0.25, 0.3) is 21.3 Å². The second-order valence-corrected chi connectivity index (χ2v) is 6.83. The molecule has 0 fully saturated rings. The van der Waals surface area contributed by atoms with Crippen LogP contribution in [0.4, 0.5) is 0 Å². The van der Waals surface area contributed by atoms with Crippen LogP contribution in [-0.2, 0) is 4.79 Å². The van der Waals surface area contributed by atoms with Crippen LogP contribution in [0.2, 0.25) is 0 Å². The molecule has 0 saturated heterocycles. The van der Waals surface area contributed by atoms with Gasteiger partial charge >= 0.3 is 5.97 Å². The Labute approximate surface area is 144 Å². The van der Waals surface area contributed by atoms with Gasteiger partial charge in [-0.2, -0.15) is 0 Å². The van der Waals surface area contributed by atoms with Gasteiger partial charge in [-0.1, -0.05) is 35.0 Å². The zero-order chi connectivity index (χ0) is 16.6. The van der Waals surface area contributed by atoms with Crippen LogP contribution in [0.3, 0.4) is 0 Å². The van der Waals surface area contributed by atoms with Gasteiger partial charge in [0.15, 0.2) is 0 Å². The van der Waals surface area contributed by atoms with Gasteiger partial charge in [-0.3, -0.25) is 9.36 Å². The van der Waals surface area contributed by atoms with Crippen LogP contribution in [0.5, 0.6) is 0 Å². The molecule has 3 aromatic rings. The fourth-order valence-corrected chi connectivity index (χ4v) is 3.67. The lowest BCUT2D eigenvalue weighted by molar-refractivity contribution is -0.141. The van der Waals surface area contributed by atoms with E-state index in [0.717, 1.165) is 15.6 Å². The highest BCUT2D eigenvalue weighted by molar-refractivity contribution is 9.10. The predicted molar refractivity (Wildman–Crippen MR) is 94.0 cm³/mol. The first-order valence-electron chi connectivity index (χ1n) is 7.00. The minimum Gasteiger partial charge on any atom is -0.480 e. The van der Waals surface area contributed by atoms with Crippen molar-refractivity contribution in [3.05, 3.63) is 50.8 Å². The molecule has 5 nitrogen and oxygen atoms in total. The summed E-state index contributed by atoms with van der Waals surface area (Å²) >= 11 is 4.77. The van der Waals surface area contributed by atoms with Crippen molar-refractivity contribution in [2.45, 2.75) is 19.4 Å². The Morgan fingerprint density at radius 1 is 1.39 bits per heavy atom. The number of fused-ring (bicyclic) bond motifs is 1. The Kier molecular flexibility index (Phi) is 4.32. The number of carboxylic acid groups (broad SMARTS) is 1. The summed E-state index contributed by atoms with van der Waals surface area (Å²) in [6, 6.07) is 6.73. The summed E-state index contributed by atoms with van der Waals surface area (Å²) in [6.07, 6.45) is 1.65. The van der Waals surface area contributed by atoms with Crippen LogP contribution in [-0.4, -0.2) is 20.6 Å². The van der Waals surface area contributed by atoms with Crippen molar-refractivity contribution in [3.8, 4) is 11.1 Å². The van der Waals surface area contributed by atoms with Crippen LogP contribution >= 0.6 is 27.3 Å². The molecule has 0 spiro atoms. The van der Waals surface area contributed by atoms with Crippen LogP contribution in [0.15, 0.2) is 45.2 Å². The maximum absolute atomic E-state index is 12.8. The summed E-state index contributed by atoms with van der Waals surface area (Å²) in [7, 11) is 0. The first kappa shape index (κ1) is 15.9. The summed E-state index contributed by atoms with van der Waals surface area (Å²) in [5, 5.41) is 11.7. The minimum absolute atomic E-state index is 0.316. The first-order chi connectivity index (χ1) is 11.0. The highest BCUT2D eigenvalue weighted by Crippen LogP contribution is 2.31. The molecular formula is C16H13BrN2O3S. The van der Waals surface area contributed by atoms with Crippen LogP contribution < -0.4 is 5.56 Å². The molecule has 1 N–H and O–H groups in total. The second kappa shape index (κ2) is 6.25. The normalized spacial score (nSPS) is 12.4. The molecule has 0 aliphatic heterocycles. The van der Waals surface area contributed by atoms with Crippen molar-refractivity contribution in [3.63, 3.8) is 0 Å². The molecule has 3 rings (SSSR count). The molecule has 0 aliphatic carbocycles. The third-order valence-electron chi connectivity index (χ3n) is 3.68. The number of aromatic nitrogens is 2. The molecule has 118 valence electrons. The van der Waals surface area contributed by atoms with Crippen molar-refractivity contribution >= 4 is 43.5 Å². The van der Waals surface area contributed by atoms with Gasteiger partial charge in [-0.25, -0.2) is 9.78 Å². The predicted octanol–water partition coefficient (Wildman–Crippen LogP) is 3.92. The average Bonchev–Trinajstić information content (AvgIpc) is 2.95. The molecule has 1 unspecified atom stereocenters. The summed E-state index contributed by atoms with van der Waals surface area (Å²) in [6.45, 7) is 1.73. The van der Waals surface area contributed by atoms with E-state index in [4.69, 9.17) is 0 Å². The van der Waals surface area contributed by atoms with E-state index in [-0.39, 0.29) is 5.56 Å². The molecule has 7 heteroatoms. The van der Waals surface area contributed by atoms with E-state index in [9.17, 15) is 14.7 Å². The Bertz CT molecular complexity index is 931. The lowest BCUT2D eigenvalue weighted by Gasteiger charge is -2.13. The molecule has 0 aliphatic rings. The van der Waals surface area contributed by atoms with Crippen LogP contribution in [0, 0.1) is 0 Å². The van der Waals surface area contributed by atoms with E-state index in [2.05, 4.69) is 20.9 Å². The smallest absolute Gasteiger partial charge is 0.326 e. The van der Waals surface area contributed by atoms with E-state index in [1.165, 1.54) is 22.2 Å². The third-order valence-corrected chi connectivity index (χ3v) is 5.10. The number of thiophene rings is 1. The Hall–Kier alpha value is -1.99. The number of benzene rings is 1. The average molecular weight is 393 g/mol. The monoisotopic (exact) mass is 392 g/mol. The summed E-state index contributed by atoms with van der Waals surface area (Å²) in [5.74, 6) is -1.03. The molecular weight excluding hydrogens is 380 g/mol. The number of hydrogen-bond donors (Lipinski definition) is 1. The van der Waals surface area contributed by atoms with Crippen molar-refractivity contribution < 1.29 is 9.90 Å². The van der Waals surface area contributed by atoms with Crippen LogP contribution in [0.1, 0.15) is 19.4 Å². The Balaban J connectivity index is 2.24. The molecule has 1 atom stereocenters. The quantitative estimate of drug-likeness (QED) is 0.729. The molecule has 2 aromatic heterocycles. The SMILES string of the molecule is CCC(C(=O)O)n1cnc2scc(-c3ccc(Br)cc3)c2c1=O. The first-order valence-corrected chi connectivity index (χ1v) is 8.67. The van der Waals surface area contributed by atoms with E-state index in [1.807, 2.05) is 29.6 Å². The minimum atomic E-state index is -1.03. The Morgan fingerprint density at radius 3 is 2.70 bits per heavy atom. The van der Waals surface area contributed by atoms with Gasteiger partial charge in [-0.15, -0.1) is 11.3 Å². The zero-order valence-corrected chi connectivity index (χ0v) is 14.6.